The fraction of sp³-hybridized carbons (Fsp3) is 0.636. The van der Waals surface area contributed by atoms with Gasteiger partial charge in [0.05, 0.1) is 0 Å². The number of hydrogen-bond acceptors (Lipinski definition) is 1. The van der Waals surface area contributed by atoms with E-state index in [1.165, 1.54) is 11.1 Å². The molecule has 0 aliphatic carbocycles. The monoisotopic (exact) mass is 167 g/mol. The van der Waals surface area contributed by atoms with E-state index in [2.05, 4.69) is 52.4 Å². The average Bonchev–Trinajstić information content (AvgIpc) is 1.85. The first-order valence-corrected chi connectivity index (χ1v) is 4.51. The molecule has 0 amide bonds. The van der Waals surface area contributed by atoms with Gasteiger partial charge in [-0.25, -0.2) is 0 Å². The van der Waals surface area contributed by atoms with Crippen LogP contribution in [0.25, 0.3) is 0 Å². The summed E-state index contributed by atoms with van der Waals surface area (Å²) in [7, 11) is 2.11. The molecule has 0 aliphatic rings. The van der Waals surface area contributed by atoms with Gasteiger partial charge in [0, 0.05) is 13.1 Å². The van der Waals surface area contributed by atoms with E-state index in [0.717, 1.165) is 6.42 Å². The van der Waals surface area contributed by atoms with Crippen molar-refractivity contribution in [3.63, 3.8) is 0 Å². The van der Waals surface area contributed by atoms with Crippen molar-refractivity contribution in [3.8, 4) is 0 Å². The van der Waals surface area contributed by atoms with Gasteiger partial charge in [0.15, 0.2) is 0 Å². The SMILES string of the molecule is C=C(C)C(CC)N(C)C=C(C)C. The van der Waals surface area contributed by atoms with Gasteiger partial charge in [0.25, 0.3) is 0 Å². The van der Waals surface area contributed by atoms with Crippen LogP contribution in [0.3, 0.4) is 0 Å². The molecule has 0 aromatic heterocycles. The second kappa shape index (κ2) is 5.02. The Morgan fingerprint density at radius 2 is 1.92 bits per heavy atom. The molecule has 0 radical (unpaired) electrons. The molecular weight excluding hydrogens is 146 g/mol. The molecular formula is C11H21N. The number of nitrogens with zero attached hydrogens (tertiary/aromatic N) is 1. The summed E-state index contributed by atoms with van der Waals surface area (Å²) in [6.07, 6.45) is 3.29. The zero-order chi connectivity index (χ0) is 9.72. The number of allylic oxidation sites excluding steroid dienone is 1. The minimum atomic E-state index is 0.486. The lowest BCUT2D eigenvalue weighted by Gasteiger charge is -2.26. The normalized spacial score (nSPS) is 12.1. The highest BCUT2D eigenvalue weighted by atomic mass is 15.1. The third-order valence-corrected chi connectivity index (χ3v) is 1.91. The Labute approximate surface area is 76.8 Å². The first-order valence-electron chi connectivity index (χ1n) is 4.51. The molecule has 1 heteroatoms. The smallest absolute Gasteiger partial charge is 0.0485 e. The molecule has 0 saturated carbocycles. The second-order valence-corrected chi connectivity index (χ2v) is 3.64. The summed E-state index contributed by atoms with van der Waals surface area (Å²) in [6.45, 7) is 12.5. The third kappa shape index (κ3) is 3.61. The Bertz CT molecular complexity index is 175. The third-order valence-electron chi connectivity index (χ3n) is 1.91. The van der Waals surface area contributed by atoms with E-state index in [-0.39, 0.29) is 0 Å². The molecule has 0 bridgehead atoms. The fourth-order valence-electron chi connectivity index (χ4n) is 1.48. The summed E-state index contributed by atoms with van der Waals surface area (Å²) in [4.78, 5) is 2.23. The maximum Gasteiger partial charge on any atom is 0.0485 e. The Morgan fingerprint density at radius 3 is 2.17 bits per heavy atom. The zero-order valence-electron chi connectivity index (χ0n) is 9.02. The Hall–Kier alpha value is -0.720. The van der Waals surface area contributed by atoms with Gasteiger partial charge in [-0.15, -0.1) is 0 Å². The minimum absolute atomic E-state index is 0.486. The predicted octanol–water partition coefficient (Wildman–Crippen LogP) is 3.20. The Morgan fingerprint density at radius 1 is 1.42 bits per heavy atom. The highest BCUT2D eigenvalue weighted by molar-refractivity contribution is 5.05. The lowest BCUT2D eigenvalue weighted by molar-refractivity contribution is 0.358. The standard InChI is InChI=1S/C11H21N/c1-7-11(10(4)5)12(6)8-9(2)3/h8,11H,4,7H2,1-3,5-6H3. The molecule has 0 N–H and O–H groups in total. The van der Waals surface area contributed by atoms with Crippen molar-refractivity contribution in [1.82, 2.24) is 4.90 Å². The minimum Gasteiger partial charge on any atom is -0.374 e. The first kappa shape index (κ1) is 11.3. The van der Waals surface area contributed by atoms with Gasteiger partial charge < -0.3 is 4.90 Å². The van der Waals surface area contributed by atoms with Gasteiger partial charge in [0.1, 0.15) is 0 Å². The van der Waals surface area contributed by atoms with E-state index in [4.69, 9.17) is 0 Å². The van der Waals surface area contributed by atoms with E-state index in [0.29, 0.717) is 6.04 Å². The molecule has 0 heterocycles. The van der Waals surface area contributed by atoms with Crippen LogP contribution in [0.2, 0.25) is 0 Å². The van der Waals surface area contributed by atoms with Gasteiger partial charge in [-0.2, -0.15) is 0 Å². The lowest BCUT2D eigenvalue weighted by Crippen LogP contribution is -2.27. The predicted molar refractivity (Wildman–Crippen MR) is 56.1 cm³/mol. The van der Waals surface area contributed by atoms with E-state index >= 15 is 0 Å². The largest absolute Gasteiger partial charge is 0.374 e. The van der Waals surface area contributed by atoms with Crippen LogP contribution in [0.4, 0.5) is 0 Å². The molecule has 0 saturated heterocycles. The van der Waals surface area contributed by atoms with Crippen molar-refractivity contribution in [3.05, 3.63) is 23.9 Å². The lowest BCUT2D eigenvalue weighted by atomic mass is 10.1. The van der Waals surface area contributed by atoms with Gasteiger partial charge >= 0.3 is 0 Å². The van der Waals surface area contributed by atoms with Gasteiger partial charge in [-0.3, -0.25) is 0 Å². The van der Waals surface area contributed by atoms with Crippen LogP contribution in [0.15, 0.2) is 23.9 Å². The van der Waals surface area contributed by atoms with Crippen LogP contribution >= 0.6 is 0 Å². The molecule has 0 fully saturated rings. The van der Waals surface area contributed by atoms with Crippen molar-refractivity contribution in [2.24, 2.45) is 0 Å². The van der Waals surface area contributed by atoms with E-state index < -0.39 is 0 Å². The van der Waals surface area contributed by atoms with Crippen molar-refractivity contribution >= 4 is 0 Å². The molecule has 0 spiro atoms. The van der Waals surface area contributed by atoms with Crippen LogP contribution in [-0.4, -0.2) is 18.0 Å². The van der Waals surface area contributed by atoms with Crippen molar-refractivity contribution < 1.29 is 0 Å². The number of likely N-dealkylation sites (N-methyl/N-ethyl adjacent to an activating group) is 1. The average molecular weight is 167 g/mol. The van der Waals surface area contributed by atoms with E-state index in [1.807, 2.05) is 0 Å². The van der Waals surface area contributed by atoms with Gasteiger partial charge in [0.2, 0.25) is 0 Å². The summed E-state index contributed by atoms with van der Waals surface area (Å²) in [6, 6.07) is 0.486. The molecule has 12 heavy (non-hydrogen) atoms. The van der Waals surface area contributed by atoms with E-state index in [9.17, 15) is 0 Å². The summed E-state index contributed by atoms with van der Waals surface area (Å²) in [5.74, 6) is 0. The van der Waals surface area contributed by atoms with Crippen LogP contribution in [0, 0.1) is 0 Å². The molecule has 70 valence electrons. The Kier molecular flexibility index (Phi) is 4.72. The molecule has 0 aromatic rings. The molecule has 0 rings (SSSR count). The summed E-state index contributed by atoms with van der Waals surface area (Å²) in [5, 5.41) is 0. The van der Waals surface area contributed by atoms with Crippen molar-refractivity contribution in [2.75, 3.05) is 7.05 Å². The maximum absolute atomic E-state index is 3.98. The van der Waals surface area contributed by atoms with Crippen molar-refractivity contribution in [2.45, 2.75) is 40.2 Å². The summed E-state index contributed by atoms with van der Waals surface area (Å²) < 4.78 is 0. The summed E-state index contributed by atoms with van der Waals surface area (Å²) in [5.41, 5.74) is 2.56. The zero-order valence-corrected chi connectivity index (χ0v) is 9.02. The van der Waals surface area contributed by atoms with E-state index in [1.54, 1.807) is 0 Å². The first-order chi connectivity index (χ1) is 5.49. The van der Waals surface area contributed by atoms with Crippen molar-refractivity contribution in [1.29, 1.82) is 0 Å². The Balaban J connectivity index is 4.32. The quantitative estimate of drug-likeness (QED) is 0.581. The van der Waals surface area contributed by atoms with Crippen LogP contribution in [0.1, 0.15) is 34.1 Å². The molecule has 1 unspecified atom stereocenters. The number of rotatable bonds is 4. The molecule has 0 aliphatic heterocycles. The van der Waals surface area contributed by atoms with Gasteiger partial charge in [-0.05, 0) is 33.4 Å². The number of hydrogen-bond donors (Lipinski definition) is 0. The molecule has 1 atom stereocenters. The van der Waals surface area contributed by atoms with Crippen LogP contribution < -0.4 is 0 Å². The highest BCUT2D eigenvalue weighted by Gasteiger charge is 2.09. The molecule has 0 aromatic carbocycles. The van der Waals surface area contributed by atoms with Crippen LogP contribution in [0.5, 0.6) is 0 Å². The maximum atomic E-state index is 3.98. The fourth-order valence-corrected chi connectivity index (χ4v) is 1.48. The second-order valence-electron chi connectivity index (χ2n) is 3.64. The summed E-state index contributed by atoms with van der Waals surface area (Å²) >= 11 is 0. The van der Waals surface area contributed by atoms with Gasteiger partial charge in [-0.1, -0.05) is 24.6 Å². The molecule has 1 nitrogen and oxygen atoms in total. The highest BCUT2D eigenvalue weighted by Crippen LogP contribution is 2.11. The topological polar surface area (TPSA) is 3.24 Å². The van der Waals surface area contributed by atoms with Crippen LogP contribution in [-0.2, 0) is 0 Å².